The van der Waals surface area contributed by atoms with E-state index in [2.05, 4.69) is 30.6 Å². The maximum absolute atomic E-state index is 15.1. The molecule has 0 aliphatic carbocycles. The number of carbonyl (C=O) groups excluding carboxylic acids is 2. The fraction of sp³-hybridized carbons (Fsp3) is 0.355. The number of carbonyl (C=O) groups is 2. The monoisotopic (exact) mass is 689 g/mol. The molecule has 1 saturated heterocycles. The molecule has 12 nitrogen and oxygen atoms in total. The number of alkyl carbamates (subject to hydrolysis) is 1. The molecule has 17 heteroatoms. The fourth-order valence-electron chi connectivity index (χ4n) is 4.87. The van der Waals surface area contributed by atoms with Crippen LogP contribution >= 0.6 is 0 Å². The van der Waals surface area contributed by atoms with Crippen molar-refractivity contribution < 1.29 is 40.3 Å². The lowest BCUT2D eigenvalue weighted by atomic mass is 10.0. The van der Waals surface area contributed by atoms with Crippen LogP contribution in [-0.4, -0.2) is 76.8 Å². The number of piperidine rings is 1. The number of anilines is 1. The van der Waals surface area contributed by atoms with Crippen LogP contribution in [0.4, 0.5) is 28.3 Å². The lowest BCUT2D eigenvalue weighted by Crippen LogP contribution is -2.59. The lowest BCUT2D eigenvalue weighted by molar-refractivity contribution is -0.0461. The van der Waals surface area contributed by atoms with Gasteiger partial charge in [-0.05, 0) is 69.7 Å². The molecule has 254 valence electrons. The highest BCUT2D eigenvalue weighted by Gasteiger charge is 2.46. The number of nitrogens with one attached hydrogen (secondary N) is 2. The third-order valence-electron chi connectivity index (χ3n) is 7.20. The number of aromatic nitrogens is 4. The molecule has 0 saturated carbocycles. The van der Waals surface area contributed by atoms with Gasteiger partial charge in [0.1, 0.15) is 5.60 Å². The molecule has 0 bridgehead atoms. The predicted molar refractivity (Wildman–Crippen MR) is 166 cm³/mol. The highest BCUT2D eigenvalue weighted by atomic mass is 32.2. The van der Waals surface area contributed by atoms with Crippen LogP contribution in [0.2, 0.25) is 0 Å². The molecule has 1 aromatic carbocycles. The quantitative estimate of drug-likeness (QED) is 0.248. The molecule has 0 radical (unpaired) electrons. The van der Waals surface area contributed by atoms with E-state index >= 15 is 8.78 Å². The van der Waals surface area contributed by atoms with E-state index in [0.29, 0.717) is 28.0 Å². The Balaban J connectivity index is 1.28. The van der Waals surface area contributed by atoms with Gasteiger partial charge in [0.15, 0.2) is 0 Å². The van der Waals surface area contributed by atoms with Crippen LogP contribution in [0.1, 0.15) is 43.2 Å². The maximum Gasteiger partial charge on any atom is 0.408 e. The van der Waals surface area contributed by atoms with Gasteiger partial charge in [-0.3, -0.25) is 9.78 Å². The summed E-state index contributed by atoms with van der Waals surface area (Å²) in [4.78, 5) is 43.0. The average Bonchev–Trinajstić information content (AvgIpc) is 3.03. The number of sulfone groups is 1. The first-order valence-corrected chi connectivity index (χ1v) is 16.2. The van der Waals surface area contributed by atoms with Gasteiger partial charge < -0.3 is 20.3 Å². The number of alkyl halides is 4. The average molecular weight is 690 g/mol. The van der Waals surface area contributed by atoms with Gasteiger partial charge in [0.05, 0.1) is 46.6 Å². The summed E-state index contributed by atoms with van der Waals surface area (Å²) < 4.78 is 84.7. The molecule has 3 aromatic heterocycles. The summed E-state index contributed by atoms with van der Waals surface area (Å²) in [6, 6.07) is 9.54. The van der Waals surface area contributed by atoms with Crippen molar-refractivity contribution in [3.8, 4) is 11.4 Å². The van der Waals surface area contributed by atoms with Gasteiger partial charge in [-0.2, -0.15) is 8.78 Å². The van der Waals surface area contributed by atoms with Crippen molar-refractivity contribution >= 4 is 38.7 Å². The van der Waals surface area contributed by atoms with Crippen LogP contribution in [0.3, 0.4) is 0 Å². The van der Waals surface area contributed by atoms with E-state index in [1.54, 1.807) is 45.0 Å². The molecule has 1 atom stereocenters. The Bertz CT molecular complexity index is 1960. The largest absolute Gasteiger partial charge is 0.444 e. The summed E-state index contributed by atoms with van der Waals surface area (Å²) in [7, 11) is -4.87. The van der Waals surface area contributed by atoms with E-state index in [9.17, 15) is 26.8 Å². The molecule has 4 aromatic rings. The Labute approximate surface area is 272 Å². The van der Waals surface area contributed by atoms with Crippen molar-refractivity contribution in [2.24, 2.45) is 0 Å². The van der Waals surface area contributed by atoms with E-state index < -0.39 is 56.6 Å². The van der Waals surface area contributed by atoms with E-state index in [0.717, 1.165) is 12.1 Å². The second-order valence-corrected chi connectivity index (χ2v) is 13.9. The number of fused-ring (bicyclic) bond motifs is 1. The van der Waals surface area contributed by atoms with Gasteiger partial charge in [-0.25, -0.2) is 36.9 Å². The minimum Gasteiger partial charge on any atom is -0.444 e. The van der Waals surface area contributed by atoms with Gasteiger partial charge >= 0.3 is 11.9 Å². The molecule has 4 heterocycles. The van der Waals surface area contributed by atoms with Gasteiger partial charge in [0.2, 0.25) is 15.8 Å². The summed E-state index contributed by atoms with van der Waals surface area (Å²) in [5.74, 6) is -7.55. The van der Waals surface area contributed by atoms with Crippen molar-refractivity contribution in [1.29, 1.82) is 0 Å². The number of pyridine rings is 2. The van der Waals surface area contributed by atoms with Gasteiger partial charge in [-0.1, -0.05) is 6.07 Å². The standard InChI is InChI=1S/C31H31F4N7O5S/c1-30(2,3)47-29(44)41-25-10-12-42(17-31(25,34)35)28-36-11-9-23(40-28)22-8-7-19-15-37-20(14-24(19)39-22)16-38-26(43)18-5-4-6-21(13-18)48(45,46)27(32)33/h4-9,11,13-15,25,27H,10,12,16-17H2,1-3H3,(H,38,43)(H,41,44). The maximum atomic E-state index is 15.1. The van der Waals surface area contributed by atoms with Crippen molar-refractivity contribution in [3.05, 3.63) is 72.2 Å². The minimum absolute atomic E-state index is 0.0633. The van der Waals surface area contributed by atoms with E-state index in [-0.39, 0.29) is 31.0 Å². The first-order chi connectivity index (χ1) is 22.5. The Morgan fingerprint density at radius 1 is 1.06 bits per heavy atom. The third-order valence-corrected chi connectivity index (χ3v) is 8.58. The highest BCUT2D eigenvalue weighted by Crippen LogP contribution is 2.30. The minimum atomic E-state index is -4.87. The molecule has 2 N–H and O–H groups in total. The Hall–Kier alpha value is -4.93. The molecular weight excluding hydrogens is 658 g/mol. The summed E-state index contributed by atoms with van der Waals surface area (Å²) in [6.45, 7) is 4.26. The molecule has 1 aliphatic heterocycles. The Morgan fingerprint density at radius 3 is 2.52 bits per heavy atom. The van der Waals surface area contributed by atoms with Crippen LogP contribution in [-0.2, 0) is 21.1 Å². The number of ether oxygens (including phenoxy) is 1. The first kappa shape index (κ1) is 34.4. The van der Waals surface area contributed by atoms with Crippen LogP contribution in [0.15, 0.2) is 65.8 Å². The number of hydrogen-bond donors (Lipinski definition) is 2. The van der Waals surface area contributed by atoms with Crippen molar-refractivity contribution in [2.45, 2.75) is 62.0 Å². The van der Waals surface area contributed by atoms with Crippen LogP contribution in [0.5, 0.6) is 0 Å². The lowest BCUT2D eigenvalue weighted by Gasteiger charge is -2.38. The van der Waals surface area contributed by atoms with Crippen molar-refractivity contribution in [1.82, 2.24) is 30.6 Å². The zero-order valence-corrected chi connectivity index (χ0v) is 26.8. The summed E-state index contributed by atoms with van der Waals surface area (Å²) in [5.41, 5.74) is 0.701. The number of rotatable bonds is 8. The SMILES string of the molecule is CC(C)(C)OC(=O)NC1CCN(c2nccc(-c3ccc4cnc(CNC(=O)c5cccc(S(=O)(=O)C(F)F)c5)cc4n3)n2)CC1(F)F. The molecule has 1 fully saturated rings. The Morgan fingerprint density at radius 2 is 1.81 bits per heavy atom. The molecule has 0 spiro atoms. The molecule has 48 heavy (non-hydrogen) atoms. The molecule has 1 aliphatic rings. The summed E-state index contributed by atoms with van der Waals surface area (Å²) in [5, 5.41) is 5.51. The zero-order valence-electron chi connectivity index (χ0n) is 26.0. The molecule has 1 unspecified atom stereocenters. The topological polar surface area (TPSA) is 156 Å². The van der Waals surface area contributed by atoms with E-state index in [4.69, 9.17) is 4.74 Å². The number of benzene rings is 1. The normalized spacial score (nSPS) is 16.5. The van der Waals surface area contributed by atoms with Crippen LogP contribution in [0, 0.1) is 0 Å². The number of amides is 2. The van der Waals surface area contributed by atoms with Gasteiger partial charge in [-0.15, -0.1) is 0 Å². The Kier molecular flexibility index (Phi) is 9.53. The highest BCUT2D eigenvalue weighted by molar-refractivity contribution is 7.91. The second kappa shape index (κ2) is 13.3. The van der Waals surface area contributed by atoms with Crippen molar-refractivity contribution in [2.75, 3.05) is 18.0 Å². The smallest absolute Gasteiger partial charge is 0.408 e. The van der Waals surface area contributed by atoms with E-state index in [1.165, 1.54) is 29.4 Å². The molecular formula is C31H31F4N7O5S. The van der Waals surface area contributed by atoms with E-state index in [1.807, 2.05) is 0 Å². The molecule has 5 rings (SSSR count). The zero-order chi connectivity index (χ0) is 34.9. The summed E-state index contributed by atoms with van der Waals surface area (Å²) >= 11 is 0. The van der Waals surface area contributed by atoms with Crippen molar-refractivity contribution in [3.63, 3.8) is 0 Å². The number of nitrogens with zero attached hydrogens (tertiary/aromatic N) is 5. The molecule has 2 amide bonds. The number of halogens is 4. The van der Waals surface area contributed by atoms with Gasteiger partial charge in [0, 0.05) is 29.9 Å². The fourth-order valence-corrected chi connectivity index (χ4v) is 5.63. The second-order valence-electron chi connectivity index (χ2n) is 12.0. The third kappa shape index (κ3) is 7.95. The first-order valence-electron chi connectivity index (χ1n) is 14.6. The van der Waals surface area contributed by atoms with Crippen LogP contribution in [0.25, 0.3) is 22.3 Å². The summed E-state index contributed by atoms with van der Waals surface area (Å²) in [6.07, 6.45) is 1.98. The number of hydrogen-bond acceptors (Lipinski definition) is 10. The van der Waals surface area contributed by atoms with Gasteiger partial charge in [0.25, 0.3) is 11.8 Å². The predicted octanol–water partition coefficient (Wildman–Crippen LogP) is 4.75. The van der Waals surface area contributed by atoms with Crippen LogP contribution < -0.4 is 15.5 Å².